The predicted molar refractivity (Wildman–Crippen MR) is 130 cm³/mol. The summed E-state index contributed by atoms with van der Waals surface area (Å²) in [6, 6.07) is 8.09. The maximum atomic E-state index is 13.6. The van der Waals surface area contributed by atoms with E-state index in [0.29, 0.717) is 33.8 Å². The van der Waals surface area contributed by atoms with Crippen LogP contribution in [0.15, 0.2) is 34.0 Å². The van der Waals surface area contributed by atoms with Gasteiger partial charge in [0.05, 0.1) is 21.7 Å². The van der Waals surface area contributed by atoms with Crippen LogP contribution in [0.3, 0.4) is 0 Å². The highest BCUT2D eigenvalue weighted by Gasteiger charge is 2.32. The highest BCUT2D eigenvalue weighted by Crippen LogP contribution is 2.37. The van der Waals surface area contributed by atoms with Gasteiger partial charge in [-0.3, -0.25) is 14.5 Å². The van der Waals surface area contributed by atoms with Crippen LogP contribution >= 0.6 is 24.0 Å². The summed E-state index contributed by atoms with van der Waals surface area (Å²) in [6.07, 6.45) is 3.98. The van der Waals surface area contributed by atoms with Crippen molar-refractivity contribution >= 4 is 56.9 Å². The molecule has 2 aliphatic rings. The van der Waals surface area contributed by atoms with E-state index in [4.69, 9.17) is 12.2 Å². The summed E-state index contributed by atoms with van der Waals surface area (Å²) in [7, 11) is 0. The molecule has 1 aromatic carbocycles. The van der Waals surface area contributed by atoms with Crippen molar-refractivity contribution in [2.24, 2.45) is 5.92 Å². The number of amides is 1. The highest BCUT2D eigenvalue weighted by atomic mass is 32.2. The van der Waals surface area contributed by atoms with Crippen molar-refractivity contribution in [3.05, 3.63) is 45.1 Å². The predicted octanol–water partition coefficient (Wildman–Crippen LogP) is 4.48. The number of pyridine rings is 1. The minimum atomic E-state index is -0.110. The number of anilines is 1. The number of thioether (sulfide) groups is 1. The molecule has 30 heavy (non-hydrogen) atoms. The first kappa shape index (κ1) is 21.1. The Balaban J connectivity index is 1.96. The minimum absolute atomic E-state index is 0.0495. The lowest BCUT2D eigenvalue weighted by Crippen LogP contribution is -2.36. The standard InChI is InChI=1S/C23H27N3O2S2/c1-4-25-18-9-7-6-8-16(18)20(24-12-10-15(3)11-13-24)17(21(25)27)14-19-22(28)26(5-2)23(29)30-19/h6-9,14-15H,4-5,10-13H2,1-3H3. The third-order valence-electron chi connectivity index (χ3n) is 6.06. The number of nitrogens with zero attached hydrogens (tertiary/aromatic N) is 3. The lowest BCUT2D eigenvalue weighted by molar-refractivity contribution is -0.121. The molecule has 4 rings (SSSR count). The van der Waals surface area contributed by atoms with Crippen molar-refractivity contribution in [2.75, 3.05) is 24.5 Å². The van der Waals surface area contributed by atoms with Crippen LogP contribution in [0.4, 0.5) is 5.69 Å². The molecule has 7 heteroatoms. The third kappa shape index (κ3) is 3.58. The van der Waals surface area contributed by atoms with Crippen molar-refractivity contribution in [3.8, 4) is 0 Å². The van der Waals surface area contributed by atoms with Gasteiger partial charge >= 0.3 is 0 Å². The van der Waals surface area contributed by atoms with Crippen LogP contribution in [0.2, 0.25) is 0 Å². The maximum Gasteiger partial charge on any atom is 0.266 e. The summed E-state index contributed by atoms with van der Waals surface area (Å²) in [5.41, 5.74) is 2.44. The molecule has 158 valence electrons. The maximum absolute atomic E-state index is 13.6. The smallest absolute Gasteiger partial charge is 0.266 e. The number of fused-ring (bicyclic) bond motifs is 1. The molecule has 0 radical (unpaired) electrons. The zero-order valence-corrected chi connectivity index (χ0v) is 19.3. The quantitative estimate of drug-likeness (QED) is 0.517. The number of hydrogen-bond acceptors (Lipinski definition) is 5. The van der Waals surface area contributed by atoms with Crippen LogP contribution in [0.1, 0.15) is 39.2 Å². The summed E-state index contributed by atoms with van der Waals surface area (Å²) in [5, 5.41) is 1.06. The average molecular weight is 442 g/mol. The zero-order valence-electron chi connectivity index (χ0n) is 17.7. The van der Waals surface area contributed by atoms with E-state index in [0.717, 1.165) is 42.5 Å². The summed E-state index contributed by atoms with van der Waals surface area (Å²) in [6.45, 7) is 9.12. The largest absolute Gasteiger partial charge is 0.370 e. The van der Waals surface area contributed by atoms with E-state index in [2.05, 4.69) is 17.9 Å². The number of likely N-dealkylation sites (N-methyl/N-ethyl adjacent to an activating group) is 1. The first-order chi connectivity index (χ1) is 14.5. The number of hydrogen-bond donors (Lipinski definition) is 0. The van der Waals surface area contributed by atoms with E-state index in [1.54, 1.807) is 15.5 Å². The van der Waals surface area contributed by atoms with Gasteiger partial charge < -0.3 is 9.47 Å². The zero-order chi connectivity index (χ0) is 21.4. The Labute approximate surface area is 186 Å². The van der Waals surface area contributed by atoms with Crippen LogP contribution in [-0.2, 0) is 11.3 Å². The first-order valence-electron chi connectivity index (χ1n) is 10.6. The number of benzene rings is 1. The summed E-state index contributed by atoms with van der Waals surface area (Å²) in [4.78, 5) is 30.9. The second-order valence-electron chi connectivity index (χ2n) is 7.92. The lowest BCUT2D eigenvalue weighted by Gasteiger charge is -2.34. The molecule has 0 saturated carbocycles. The van der Waals surface area contributed by atoms with E-state index >= 15 is 0 Å². The van der Waals surface area contributed by atoms with Crippen molar-refractivity contribution in [3.63, 3.8) is 0 Å². The van der Waals surface area contributed by atoms with Gasteiger partial charge in [-0.1, -0.05) is 49.1 Å². The number of para-hydroxylation sites is 1. The molecule has 3 heterocycles. The Hall–Kier alpha value is -2.12. The van der Waals surface area contributed by atoms with Crippen molar-refractivity contribution in [1.82, 2.24) is 9.47 Å². The van der Waals surface area contributed by atoms with Gasteiger partial charge in [0.2, 0.25) is 0 Å². The van der Waals surface area contributed by atoms with Crippen LogP contribution in [0.5, 0.6) is 0 Å². The Morgan fingerprint density at radius 1 is 1.13 bits per heavy atom. The molecule has 5 nitrogen and oxygen atoms in total. The molecule has 0 unspecified atom stereocenters. The second-order valence-corrected chi connectivity index (χ2v) is 9.60. The fraction of sp³-hybridized carbons (Fsp3) is 0.435. The summed E-state index contributed by atoms with van der Waals surface area (Å²) < 4.78 is 2.36. The average Bonchev–Trinajstić information content (AvgIpc) is 3.02. The van der Waals surface area contributed by atoms with E-state index in [1.165, 1.54) is 11.8 Å². The number of thiocarbonyl (C=S) groups is 1. The Kier molecular flexibility index (Phi) is 6.02. The molecule has 0 bridgehead atoms. The van der Waals surface area contributed by atoms with E-state index in [1.807, 2.05) is 32.0 Å². The number of carbonyl (C=O) groups is 1. The van der Waals surface area contributed by atoms with Gasteiger partial charge in [-0.25, -0.2) is 0 Å². The normalized spacial score (nSPS) is 19.5. The molecular weight excluding hydrogens is 414 g/mol. The molecule has 2 saturated heterocycles. The number of aryl methyl sites for hydroxylation is 1. The first-order valence-corrected chi connectivity index (χ1v) is 11.8. The topological polar surface area (TPSA) is 45.6 Å². The van der Waals surface area contributed by atoms with Gasteiger partial charge in [0.1, 0.15) is 4.32 Å². The molecule has 1 aromatic heterocycles. The van der Waals surface area contributed by atoms with Gasteiger partial charge in [-0.05, 0) is 44.7 Å². The van der Waals surface area contributed by atoms with E-state index < -0.39 is 0 Å². The molecule has 0 N–H and O–H groups in total. The van der Waals surface area contributed by atoms with Crippen molar-refractivity contribution in [2.45, 2.75) is 40.2 Å². The van der Waals surface area contributed by atoms with Gasteiger partial charge in [0, 0.05) is 31.6 Å². The fourth-order valence-corrected chi connectivity index (χ4v) is 5.70. The molecule has 2 aromatic rings. The van der Waals surface area contributed by atoms with Gasteiger partial charge in [-0.2, -0.15) is 0 Å². The van der Waals surface area contributed by atoms with Crippen LogP contribution < -0.4 is 10.5 Å². The molecule has 1 amide bonds. The van der Waals surface area contributed by atoms with Crippen LogP contribution in [0.25, 0.3) is 17.0 Å². The van der Waals surface area contributed by atoms with E-state index in [9.17, 15) is 9.59 Å². The van der Waals surface area contributed by atoms with Crippen molar-refractivity contribution < 1.29 is 4.79 Å². The number of piperidine rings is 1. The SMILES string of the molecule is CCN1C(=O)C(=Cc2c(N3CCC(C)CC3)c3ccccc3n(CC)c2=O)SC1=S. The Bertz CT molecular complexity index is 1100. The fourth-order valence-electron chi connectivity index (χ4n) is 4.33. The number of carbonyl (C=O) groups excluding carboxylic acids is 1. The lowest BCUT2D eigenvalue weighted by atomic mass is 9.97. The van der Waals surface area contributed by atoms with E-state index in [-0.39, 0.29) is 11.5 Å². The Morgan fingerprint density at radius 2 is 1.83 bits per heavy atom. The molecule has 0 atom stereocenters. The summed E-state index contributed by atoms with van der Waals surface area (Å²) in [5.74, 6) is 0.578. The Morgan fingerprint density at radius 3 is 2.47 bits per heavy atom. The minimum Gasteiger partial charge on any atom is -0.370 e. The molecule has 0 aliphatic carbocycles. The second kappa shape index (κ2) is 8.55. The highest BCUT2D eigenvalue weighted by molar-refractivity contribution is 8.26. The van der Waals surface area contributed by atoms with Crippen LogP contribution in [-0.4, -0.2) is 39.3 Å². The molecule has 2 aliphatic heterocycles. The molecular formula is C23H27N3O2S2. The monoisotopic (exact) mass is 441 g/mol. The van der Waals surface area contributed by atoms with Gasteiger partial charge in [0.25, 0.3) is 11.5 Å². The summed E-state index contributed by atoms with van der Waals surface area (Å²) >= 11 is 6.66. The third-order valence-corrected chi connectivity index (χ3v) is 7.44. The van der Waals surface area contributed by atoms with Gasteiger partial charge in [0.15, 0.2) is 0 Å². The van der Waals surface area contributed by atoms with Crippen molar-refractivity contribution in [1.29, 1.82) is 0 Å². The molecule has 2 fully saturated rings. The van der Waals surface area contributed by atoms with Crippen LogP contribution in [0, 0.1) is 5.92 Å². The van der Waals surface area contributed by atoms with Gasteiger partial charge in [-0.15, -0.1) is 0 Å². The molecule has 0 spiro atoms. The number of rotatable bonds is 4. The number of aromatic nitrogens is 1.